The molecule has 0 saturated carbocycles. The summed E-state index contributed by atoms with van der Waals surface area (Å²) in [5, 5.41) is 30.4. The van der Waals surface area contributed by atoms with Gasteiger partial charge in [-0.3, -0.25) is 4.79 Å². The van der Waals surface area contributed by atoms with Gasteiger partial charge in [0.2, 0.25) is 0 Å². The van der Waals surface area contributed by atoms with Crippen molar-refractivity contribution in [2.75, 3.05) is 7.11 Å². The topological polar surface area (TPSA) is 166 Å². The Bertz CT molecular complexity index is 988. The maximum Gasteiger partial charge on any atom is 0.341 e. The number of aliphatic hydroxyl groups is 3. The number of carbonyl (C=O) groups is 4. The Balaban J connectivity index is 2.76. The van der Waals surface area contributed by atoms with Crippen LogP contribution in [0.4, 0.5) is 0 Å². The molecule has 1 aliphatic heterocycles. The van der Waals surface area contributed by atoms with Crippen LogP contribution < -0.4 is 0 Å². The van der Waals surface area contributed by atoms with Gasteiger partial charge in [-0.05, 0) is 53.5 Å². The summed E-state index contributed by atoms with van der Waals surface area (Å²) in [5.41, 5.74) is -1.88. The van der Waals surface area contributed by atoms with Crippen LogP contribution in [-0.4, -0.2) is 82.4 Å². The summed E-state index contributed by atoms with van der Waals surface area (Å²) < 4.78 is 21.7. The van der Waals surface area contributed by atoms with Gasteiger partial charge in [0.1, 0.15) is 6.10 Å². The standard InChI is InChI=1S/C26H36O11/c1-12-9-8-10-17(24(31)34-7)20(36-22(29)13(2)15(4)27)21(37-25(32)26(6,33)16(5)28)19-14(3)23(30)35-18(19)11-12/h10-11,13,15-16,18-21,27-28,33H,3,8-9H2,1-2,4-7H3. The Labute approximate surface area is 215 Å². The first-order chi connectivity index (χ1) is 17.1. The maximum atomic E-state index is 13.1. The molecule has 37 heavy (non-hydrogen) atoms. The van der Waals surface area contributed by atoms with E-state index in [0.29, 0.717) is 12.8 Å². The summed E-state index contributed by atoms with van der Waals surface area (Å²) in [4.78, 5) is 51.5. The van der Waals surface area contributed by atoms with E-state index in [-0.39, 0.29) is 11.1 Å². The van der Waals surface area contributed by atoms with Crippen LogP contribution in [0.1, 0.15) is 47.5 Å². The van der Waals surface area contributed by atoms with E-state index in [2.05, 4.69) is 6.58 Å². The van der Waals surface area contributed by atoms with Crippen molar-refractivity contribution in [2.24, 2.45) is 11.8 Å². The number of allylic oxidation sites excluding steroid dienone is 2. The fraction of sp³-hybridized carbons (Fsp3) is 0.615. The lowest BCUT2D eigenvalue weighted by Gasteiger charge is -2.36. The van der Waals surface area contributed by atoms with Crippen molar-refractivity contribution in [1.29, 1.82) is 0 Å². The lowest BCUT2D eigenvalue weighted by atomic mass is 9.83. The molecule has 1 fully saturated rings. The Morgan fingerprint density at radius 3 is 2.35 bits per heavy atom. The van der Waals surface area contributed by atoms with Crippen molar-refractivity contribution in [2.45, 2.75) is 83.6 Å². The lowest BCUT2D eigenvalue weighted by Crippen LogP contribution is -2.53. The average molecular weight is 525 g/mol. The van der Waals surface area contributed by atoms with E-state index in [1.54, 1.807) is 13.0 Å². The molecule has 0 aromatic heterocycles. The number of aliphatic hydroxyl groups excluding tert-OH is 2. The summed E-state index contributed by atoms with van der Waals surface area (Å²) in [6, 6.07) is 0. The van der Waals surface area contributed by atoms with E-state index in [0.717, 1.165) is 19.6 Å². The molecule has 11 nitrogen and oxygen atoms in total. The van der Waals surface area contributed by atoms with Crippen molar-refractivity contribution in [3.63, 3.8) is 0 Å². The molecule has 0 radical (unpaired) electrons. The third-order valence-electron chi connectivity index (χ3n) is 6.80. The number of hydrogen-bond donors (Lipinski definition) is 3. The minimum absolute atomic E-state index is 0.113. The van der Waals surface area contributed by atoms with Crippen LogP contribution in [0.25, 0.3) is 0 Å². The number of carbonyl (C=O) groups excluding carboxylic acids is 4. The van der Waals surface area contributed by atoms with Gasteiger partial charge in [0, 0.05) is 5.57 Å². The van der Waals surface area contributed by atoms with Crippen molar-refractivity contribution < 1.29 is 53.4 Å². The molecule has 11 heteroatoms. The maximum absolute atomic E-state index is 13.1. The lowest BCUT2D eigenvalue weighted by molar-refractivity contribution is -0.193. The van der Waals surface area contributed by atoms with E-state index >= 15 is 0 Å². The predicted molar refractivity (Wildman–Crippen MR) is 129 cm³/mol. The minimum atomic E-state index is -2.39. The zero-order chi connectivity index (χ0) is 28.2. The summed E-state index contributed by atoms with van der Waals surface area (Å²) in [6.45, 7) is 10.5. The fourth-order valence-corrected chi connectivity index (χ4v) is 3.86. The highest BCUT2D eigenvalue weighted by Crippen LogP contribution is 2.38. The third-order valence-corrected chi connectivity index (χ3v) is 6.80. The number of methoxy groups -OCH3 is 1. The second-order valence-corrected chi connectivity index (χ2v) is 9.70. The van der Waals surface area contributed by atoms with Crippen molar-refractivity contribution in [3.8, 4) is 0 Å². The summed E-state index contributed by atoms with van der Waals surface area (Å²) >= 11 is 0. The molecule has 2 rings (SSSR count). The molecule has 3 N–H and O–H groups in total. The van der Waals surface area contributed by atoms with E-state index in [4.69, 9.17) is 18.9 Å². The van der Waals surface area contributed by atoms with E-state index < -0.39 is 71.8 Å². The molecular formula is C26H36O11. The average Bonchev–Trinajstić information content (AvgIpc) is 3.09. The van der Waals surface area contributed by atoms with Gasteiger partial charge in [-0.25, -0.2) is 14.4 Å². The number of esters is 4. The van der Waals surface area contributed by atoms with Crippen LogP contribution in [-0.2, 0) is 38.1 Å². The zero-order valence-corrected chi connectivity index (χ0v) is 21.9. The first-order valence-corrected chi connectivity index (χ1v) is 12.0. The van der Waals surface area contributed by atoms with Gasteiger partial charge in [-0.15, -0.1) is 0 Å². The largest absolute Gasteiger partial charge is 0.466 e. The molecule has 0 bridgehead atoms. The van der Waals surface area contributed by atoms with Crippen LogP contribution in [0.15, 0.2) is 35.5 Å². The molecule has 206 valence electrons. The van der Waals surface area contributed by atoms with Gasteiger partial charge in [0.25, 0.3) is 0 Å². The first-order valence-electron chi connectivity index (χ1n) is 12.0. The van der Waals surface area contributed by atoms with Gasteiger partial charge in [-0.2, -0.15) is 0 Å². The normalized spacial score (nSPS) is 28.2. The zero-order valence-electron chi connectivity index (χ0n) is 21.9. The van der Waals surface area contributed by atoms with E-state index in [9.17, 15) is 34.5 Å². The highest BCUT2D eigenvalue weighted by Gasteiger charge is 2.52. The summed E-state index contributed by atoms with van der Waals surface area (Å²) in [5.74, 6) is -6.07. The molecule has 0 aromatic rings. The number of hydrogen-bond acceptors (Lipinski definition) is 11. The first kappa shape index (κ1) is 30.2. The molecule has 1 aliphatic carbocycles. The fourth-order valence-electron chi connectivity index (χ4n) is 3.86. The number of rotatable bonds is 7. The van der Waals surface area contributed by atoms with Crippen molar-refractivity contribution in [1.82, 2.24) is 0 Å². The minimum Gasteiger partial charge on any atom is -0.466 e. The molecule has 8 atom stereocenters. The van der Waals surface area contributed by atoms with Gasteiger partial charge in [0.05, 0.1) is 36.7 Å². The summed E-state index contributed by atoms with van der Waals surface area (Å²) in [7, 11) is 1.12. The molecular weight excluding hydrogens is 488 g/mol. The quantitative estimate of drug-likeness (QED) is 0.187. The SMILES string of the molecule is C=C1C(=O)OC2C=C(C)CCC=C(C(=O)OC)C(OC(=O)C(C)C(C)O)C(OC(=O)C(C)(O)C(C)O)C12. The second-order valence-electron chi connectivity index (χ2n) is 9.70. The number of ether oxygens (including phenoxy) is 4. The van der Waals surface area contributed by atoms with Gasteiger partial charge in [0.15, 0.2) is 17.8 Å². The molecule has 1 heterocycles. The highest BCUT2D eigenvalue weighted by molar-refractivity contribution is 5.93. The van der Waals surface area contributed by atoms with Crippen LogP contribution in [0, 0.1) is 11.8 Å². The third kappa shape index (κ3) is 6.65. The van der Waals surface area contributed by atoms with Crippen LogP contribution >= 0.6 is 0 Å². The van der Waals surface area contributed by atoms with E-state index in [1.807, 2.05) is 0 Å². The highest BCUT2D eigenvalue weighted by atomic mass is 16.6. The molecule has 0 spiro atoms. The molecule has 0 amide bonds. The van der Waals surface area contributed by atoms with Gasteiger partial charge < -0.3 is 34.3 Å². The van der Waals surface area contributed by atoms with Crippen molar-refractivity contribution in [3.05, 3.63) is 35.5 Å². The Kier molecular flexibility index (Phi) is 9.81. The molecule has 1 saturated heterocycles. The molecule has 2 aliphatic rings. The van der Waals surface area contributed by atoms with Gasteiger partial charge >= 0.3 is 23.9 Å². The van der Waals surface area contributed by atoms with Gasteiger partial charge in [-0.1, -0.05) is 18.2 Å². The monoisotopic (exact) mass is 524 g/mol. The molecule has 0 aromatic carbocycles. The Morgan fingerprint density at radius 2 is 1.81 bits per heavy atom. The number of fused-ring (bicyclic) bond motifs is 1. The van der Waals surface area contributed by atoms with E-state index in [1.165, 1.54) is 26.8 Å². The Morgan fingerprint density at radius 1 is 1.19 bits per heavy atom. The summed E-state index contributed by atoms with van der Waals surface area (Å²) in [6.07, 6.45) is -3.04. The van der Waals surface area contributed by atoms with Crippen LogP contribution in [0.2, 0.25) is 0 Å². The second kappa shape index (κ2) is 12.0. The Hall–Kier alpha value is -3.02. The molecule has 8 unspecified atom stereocenters. The smallest absolute Gasteiger partial charge is 0.341 e. The van der Waals surface area contributed by atoms with Crippen LogP contribution in [0.5, 0.6) is 0 Å². The van der Waals surface area contributed by atoms with Crippen LogP contribution in [0.3, 0.4) is 0 Å². The van der Waals surface area contributed by atoms with Crippen molar-refractivity contribution >= 4 is 23.9 Å². The predicted octanol–water partition coefficient (Wildman–Crippen LogP) is 0.896.